The van der Waals surface area contributed by atoms with Gasteiger partial charge in [-0.1, -0.05) is 45.2 Å². The van der Waals surface area contributed by atoms with Crippen LogP contribution in [0.4, 0.5) is 0 Å². The van der Waals surface area contributed by atoms with Crippen LogP contribution in [0.5, 0.6) is 5.75 Å². The largest absolute Gasteiger partial charge is 0.388 e. The molecular weight excluding hydrogens is 198 g/mol. The minimum Gasteiger partial charge on any atom is -0.388 e. The number of unbranched alkanes of at least 4 members (excludes halogenated alkanes) is 1. The summed E-state index contributed by atoms with van der Waals surface area (Å²) in [4.78, 5) is 0. The summed E-state index contributed by atoms with van der Waals surface area (Å²) >= 11 is 0. The molecule has 0 N–H and O–H groups in total. The minimum atomic E-state index is 0.618. The Labute approximate surface area is 97.9 Å². The van der Waals surface area contributed by atoms with Crippen molar-refractivity contribution in [3.8, 4) is 12.0 Å². The van der Waals surface area contributed by atoms with Gasteiger partial charge >= 0.3 is 0 Å². The van der Waals surface area contributed by atoms with Crippen molar-refractivity contribution in [1.29, 1.82) is 5.26 Å². The van der Waals surface area contributed by atoms with E-state index in [1.807, 2.05) is 24.3 Å². The average Bonchev–Trinajstić information content (AvgIpc) is 2.29. The summed E-state index contributed by atoms with van der Waals surface area (Å²) in [6, 6.07) is 7.78. The van der Waals surface area contributed by atoms with Gasteiger partial charge in [-0.3, -0.25) is 0 Å². The molecule has 1 aromatic rings. The first kappa shape index (κ1) is 12.6. The summed E-state index contributed by atoms with van der Waals surface area (Å²) < 4.78 is 4.74. The summed E-state index contributed by atoms with van der Waals surface area (Å²) in [5, 5.41) is 8.36. The predicted octanol–water partition coefficient (Wildman–Crippen LogP) is 3.92. The number of nitriles is 1. The number of benzene rings is 1. The second kappa shape index (κ2) is 6.90. The molecule has 0 spiro atoms. The van der Waals surface area contributed by atoms with Gasteiger partial charge in [-0.2, -0.15) is 0 Å². The van der Waals surface area contributed by atoms with E-state index in [1.54, 1.807) is 6.26 Å². The van der Waals surface area contributed by atoms with Crippen molar-refractivity contribution in [3.05, 3.63) is 29.8 Å². The lowest BCUT2D eigenvalue weighted by molar-refractivity contribution is 0.498. The number of hydrogen-bond donors (Lipinski definition) is 0. The van der Waals surface area contributed by atoms with E-state index in [9.17, 15) is 0 Å². The standard InChI is InChI=1S/C14H19NO/c1-3-4-5-12(2)10-13-6-8-14(9-7-13)16-11-15/h6-9,12H,3-5,10H2,1-2H3. The Morgan fingerprint density at radius 1 is 1.31 bits per heavy atom. The molecule has 0 aliphatic carbocycles. The third-order valence-corrected chi connectivity index (χ3v) is 2.72. The van der Waals surface area contributed by atoms with Crippen LogP contribution in [-0.2, 0) is 6.42 Å². The Kier molecular flexibility index (Phi) is 5.42. The molecule has 1 rings (SSSR count). The van der Waals surface area contributed by atoms with Crippen molar-refractivity contribution in [1.82, 2.24) is 0 Å². The van der Waals surface area contributed by atoms with Crippen LogP contribution in [-0.4, -0.2) is 0 Å². The van der Waals surface area contributed by atoms with Crippen LogP contribution in [0.2, 0.25) is 0 Å². The van der Waals surface area contributed by atoms with Crippen LogP contribution in [0, 0.1) is 17.4 Å². The molecular formula is C14H19NO. The molecule has 2 nitrogen and oxygen atoms in total. The zero-order chi connectivity index (χ0) is 11.8. The average molecular weight is 217 g/mol. The quantitative estimate of drug-likeness (QED) is 0.677. The molecule has 0 heterocycles. The lowest BCUT2D eigenvalue weighted by atomic mass is 9.96. The first-order valence-electron chi connectivity index (χ1n) is 5.91. The first-order chi connectivity index (χ1) is 7.76. The Bertz CT molecular complexity index is 337. The van der Waals surface area contributed by atoms with Crippen molar-refractivity contribution < 1.29 is 4.74 Å². The monoisotopic (exact) mass is 217 g/mol. The molecule has 86 valence electrons. The highest BCUT2D eigenvalue weighted by molar-refractivity contribution is 5.28. The van der Waals surface area contributed by atoms with Crippen molar-refractivity contribution in [2.45, 2.75) is 39.5 Å². The molecule has 16 heavy (non-hydrogen) atoms. The molecule has 0 bridgehead atoms. The van der Waals surface area contributed by atoms with Gasteiger partial charge in [-0.15, -0.1) is 5.26 Å². The SMILES string of the molecule is CCCCC(C)Cc1ccc(OC#N)cc1. The molecule has 2 heteroatoms. The topological polar surface area (TPSA) is 33.0 Å². The van der Waals surface area contributed by atoms with Gasteiger partial charge in [-0.25, -0.2) is 0 Å². The zero-order valence-electron chi connectivity index (χ0n) is 10.1. The highest BCUT2D eigenvalue weighted by Gasteiger charge is 2.03. The maximum atomic E-state index is 8.36. The second-order valence-electron chi connectivity index (χ2n) is 4.29. The molecule has 0 amide bonds. The fourth-order valence-electron chi connectivity index (χ4n) is 1.80. The first-order valence-corrected chi connectivity index (χ1v) is 5.91. The summed E-state index contributed by atoms with van der Waals surface area (Å²) in [6.07, 6.45) is 6.63. The number of rotatable bonds is 6. The van der Waals surface area contributed by atoms with E-state index in [0.29, 0.717) is 5.75 Å². The van der Waals surface area contributed by atoms with Gasteiger partial charge in [-0.05, 0) is 30.0 Å². The van der Waals surface area contributed by atoms with Crippen LogP contribution in [0.1, 0.15) is 38.7 Å². The Hall–Kier alpha value is -1.49. The van der Waals surface area contributed by atoms with Gasteiger partial charge in [0.1, 0.15) is 5.75 Å². The number of hydrogen-bond acceptors (Lipinski definition) is 2. The van der Waals surface area contributed by atoms with Gasteiger partial charge in [0.2, 0.25) is 0 Å². The lowest BCUT2D eigenvalue weighted by Crippen LogP contribution is -1.99. The number of nitrogens with zero attached hydrogens (tertiary/aromatic N) is 1. The molecule has 0 saturated heterocycles. The molecule has 0 fully saturated rings. The van der Waals surface area contributed by atoms with E-state index < -0.39 is 0 Å². The fourth-order valence-corrected chi connectivity index (χ4v) is 1.80. The van der Waals surface area contributed by atoms with Crippen LogP contribution in [0.15, 0.2) is 24.3 Å². The Morgan fingerprint density at radius 3 is 2.56 bits per heavy atom. The molecule has 0 aliphatic heterocycles. The molecule has 0 saturated carbocycles. The van der Waals surface area contributed by atoms with E-state index in [-0.39, 0.29) is 0 Å². The van der Waals surface area contributed by atoms with Crippen molar-refractivity contribution in [3.63, 3.8) is 0 Å². The van der Waals surface area contributed by atoms with E-state index in [2.05, 4.69) is 13.8 Å². The molecule has 1 atom stereocenters. The van der Waals surface area contributed by atoms with Crippen molar-refractivity contribution >= 4 is 0 Å². The maximum absolute atomic E-state index is 8.36. The van der Waals surface area contributed by atoms with Crippen LogP contribution in [0.25, 0.3) is 0 Å². The molecule has 1 aromatic carbocycles. The predicted molar refractivity (Wildman–Crippen MR) is 65.1 cm³/mol. The minimum absolute atomic E-state index is 0.618. The van der Waals surface area contributed by atoms with Gasteiger partial charge < -0.3 is 4.74 Å². The van der Waals surface area contributed by atoms with Crippen LogP contribution < -0.4 is 4.74 Å². The Morgan fingerprint density at radius 2 is 2.00 bits per heavy atom. The van der Waals surface area contributed by atoms with E-state index >= 15 is 0 Å². The second-order valence-corrected chi connectivity index (χ2v) is 4.29. The van der Waals surface area contributed by atoms with Crippen molar-refractivity contribution in [2.24, 2.45) is 5.92 Å². The summed E-state index contributed by atoms with van der Waals surface area (Å²) in [6.45, 7) is 4.51. The molecule has 0 radical (unpaired) electrons. The molecule has 1 unspecified atom stereocenters. The van der Waals surface area contributed by atoms with Crippen LogP contribution in [0.3, 0.4) is 0 Å². The van der Waals surface area contributed by atoms with Gasteiger partial charge in [0.15, 0.2) is 0 Å². The van der Waals surface area contributed by atoms with E-state index in [4.69, 9.17) is 10.00 Å². The highest BCUT2D eigenvalue weighted by atomic mass is 16.5. The smallest absolute Gasteiger partial charge is 0.292 e. The van der Waals surface area contributed by atoms with Gasteiger partial charge in [0.25, 0.3) is 6.26 Å². The highest BCUT2D eigenvalue weighted by Crippen LogP contribution is 2.17. The third-order valence-electron chi connectivity index (χ3n) is 2.72. The van der Waals surface area contributed by atoms with E-state index in [1.165, 1.54) is 24.8 Å². The van der Waals surface area contributed by atoms with E-state index in [0.717, 1.165) is 12.3 Å². The Balaban J connectivity index is 2.45. The lowest BCUT2D eigenvalue weighted by Gasteiger charge is -2.10. The number of ether oxygens (including phenoxy) is 1. The fraction of sp³-hybridized carbons (Fsp3) is 0.500. The third kappa shape index (κ3) is 4.35. The summed E-state index contributed by atoms with van der Waals surface area (Å²) in [5.41, 5.74) is 1.31. The normalized spacial score (nSPS) is 11.8. The summed E-state index contributed by atoms with van der Waals surface area (Å²) in [5.74, 6) is 1.34. The van der Waals surface area contributed by atoms with Crippen molar-refractivity contribution in [2.75, 3.05) is 0 Å². The molecule has 0 aliphatic rings. The molecule has 0 aromatic heterocycles. The zero-order valence-corrected chi connectivity index (χ0v) is 10.1. The van der Waals surface area contributed by atoms with Crippen LogP contribution >= 0.6 is 0 Å². The van der Waals surface area contributed by atoms with Gasteiger partial charge in [0, 0.05) is 0 Å². The maximum Gasteiger partial charge on any atom is 0.292 e. The summed E-state index contributed by atoms with van der Waals surface area (Å²) in [7, 11) is 0. The van der Waals surface area contributed by atoms with Gasteiger partial charge in [0.05, 0.1) is 0 Å².